The van der Waals surface area contributed by atoms with Gasteiger partial charge in [-0.25, -0.2) is 0 Å². The first kappa shape index (κ1) is 27.4. The second kappa shape index (κ2) is 17.0. The summed E-state index contributed by atoms with van der Waals surface area (Å²) < 4.78 is 0. The number of aliphatic imine (C=N–C) groups is 1. The van der Waals surface area contributed by atoms with E-state index < -0.39 is 0 Å². The molecule has 30 heavy (non-hydrogen) atoms. The van der Waals surface area contributed by atoms with Gasteiger partial charge in [-0.3, -0.25) is 9.89 Å². The molecule has 1 aliphatic heterocycles. The Morgan fingerprint density at radius 3 is 2.57 bits per heavy atom. The van der Waals surface area contributed by atoms with Gasteiger partial charge in [0.25, 0.3) is 0 Å². The predicted octanol–water partition coefficient (Wildman–Crippen LogP) is 4.21. The second-order valence-electron chi connectivity index (χ2n) is 7.76. The maximum atomic E-state index is 4.74. The monoisotopic (exact) mass is 547 g/mol. The highest BCUT2D eigenvalue weighted by Gasteiger charge is 2.16. The first-order valence-electron chi connectivity index (χ1n) is 11.3. The van der Waals surface area contributed by atoms with E-state index >= 15 is 0 Å². The fraction of sp³-hybridized carbons (Fsp3) is 0.696. The second-order valence-corrected chi connectivity index (χ2v) is 8.75. The molecule has 7 heteroatoms. The van der Waals surface area contributed by atoms with E-state index in [0.717, 1.165) is 58.2 Å². The number of hydrogen-bond donors (Lipinski definition) is 2. The van der Waals surface area contributed by atoms with Crippen LogP contribution < -0.4 is 15.5 Å². The van der Waals surface area contributed by atoms with Gasteiger partial charge in [-0.2, -0.15) is 11.8 Å². The molecule has 0 radical (unpaired) electrons. The predicted molar refractivity (Wildman–Crippen MR) is 146 cm³/mol. The van der Waals surface area contributed by atoms with Crippen LogP contribution in [0, 0.1) is 6.92 Å². The molecular weight excluding hydrogens is 505 g/mol. The van der Waals surface area contributed by atoms with Crippen LogP contribution in [0.1, 0.15) is 38.2 Å². The average molecular weight is 548 g/mol. The Kier molecular flexibility index (Phi) is 15.5. The minimum atomic E-state index is 0. The smallest absolute Gasteiger partial charge is 0.191 e. The number of piperazine rings is 1. The summed E-state index contributed by atoms with van der Waals surface area (Å²) in [5.41, 5.74) is 2.72. The first-order chi connectivity index (χ1) is 14.2. The third-order valence-electron chi connectivity index (χ3n) is 5.30. The lowest BCUT2D eigenvalue weighted by atomic mass is 10.2. The molecule has 1 saturated heterocycles. The van der Waals surface area contributed by atoms with Crippen molar-refractivity contribution in [2.75, 3.05) is 69.3 Å². The van der Waals surface area contributed by atoms with Gasteiger partial charge in [0.05, 0.1) is 0 Å². The number of aryl methyl sites for hydroxylation is 1. The van der Waals surface area contributed by atoms with Crippen molar-refractivity contribution in [3.05, 3.63) is 29.8 Å². The van der Waals surface area contributed by atoms with Crippen molar-refractivity contribution in [2.24, 2.45) is 4.99 Å². The Hall–Kier alpha value is -0.670. The number of thioether (sulfide) groups is 1. The number of hydrogen-bond acceptors (Lipinski definition) is 4. The van der Waals surface area contributed by atoms with Gasteiger partial charge in [0.15, 0.2) is 5.96 Å². The summed E-state index contributed by atoms with van der Waals surface area (Å²) in [6.45, 7) is 12.9. The Morgan fingerprint density at radius 2 is 1.87 bits per heavy atom. The van der Waals surface area contributed by atoms with Gasteiger partial charge in [-0.15, -0.1) is 24.0 Å². The Morgan fingerprint density at radius 1 is 1.07 bits per heavy atom. The molecule has 1 heterocycles. The van der Waals surface area contributed by atoms with Gasteiger partial charge in [-0.1, -0.05) is 12.1 Å². The van der Waals surface area contributed by atoms with Crippen molar-refractivity contribution in [3.8, 4) is 0 Å². The van der Waals surface area contributed by atoms with Gasteiger partial charge in [-0.05, 0) is 75.8 Å². The maximum absolute atomic E-state index is 4.74. The van der Waals surface area contributed by atoms with Crippen molar-refractivity contribution in [1.82, 2.24) is 15.5 Å². The van der Waals surface area contributed by atoms with E-state index in [1.54, 1.807) is 0 Å². The number of rotatable bonds is 12. The van der Waals surface area contributed by atoms with Crippen molar-refractivity contribution < 1.29 is 0 Å². The molecule has 0 aromatic heterocycles. The number of nitrogens with one attached hydrogen (secondary N) is 2. The number of nitrogens with zero attached hydrogens (tertiary/aromatic N) is 3. The number of guanidine groups is 1. The van der Waals surface area contributed by atoms with Gasteiger partial charge >= 0.3 is 0 Å². The van der Waals surface area contributed by atoms with E-state index in [4.69, 9.17) is 4.99 Å². The first-order valence-corrected chi connectivity index (χ1v) is 12.7. The molecule has 1 aromatic carbocycles. The molecule has 0 atom stereocenters. The lowest BCUT2D eigenvalue weighted by Gasteiger charge is -2.36. The van der Waals surface area contributed by atoms with E-state index in [1.165, 1.54) is 42.8 Å². The zero-order chi connectivity index (χ0) is 20.7. The van der Waals surface area contributed by atoms with Crippen LogP contribution in [0.5, 0.6) is 0 Å². The topological polar surface area (TPSA) is 42.9 Å². The van der Waals surface area contributed by atoms with Gasteiger partial charge < -0.3 is 15.5 Å². The highest BCUT2D eigenvalue weighted by atomic mass is 127. The lowest BCUT2D eigenvalue weighted by molar-refractivity contribution is 0.253. The summed E-state index contributed by atoms with van der Waals surface area (Å²) in [6, 6.07) is 8.87. The van der Waals surface area contributed by atoms with Crippen LogP contribution >= 0.6 is 35.7 Å². The highest BCUT2D eigenvalue weighted by Crippen LogP contribution is 2.17. The summed E-state index contributed by atoms with van der Waals surface area (Å²) in [5.74, 6) is 2.22. The SMILES string of the molecule is CCNC(=NCCCCN1CCN(c2cccc(C)c2)CC1)NCCCCSC.I. The number of benzene rings is 1. The quantitative estimate of drug-likeness (QED) is 0.178. The Labute approximate surface area is 205 Å². The van der Waals surface area contributed by atoms with Crippen LogP contribution in [-0.2, 0) is 0 Å². The molecule has 0 unspecified atom stereocenters. The highest BCUT2D eigenvalue weighted by molar-refractivity contribution is 14.0. The normalized spacial score (nSPS) is 15.0. The Balaban J connectivity index is 0.00000450. The van der Waals surface area contributed by atoms with Crippen LogP contribution in [0.15, 0.2) is 29.3 Å². The molecule has 0 amide bonds. The number of unbranched alkanes of at least 4 members (excludes halogenated alkanes) is 2. The fourth-order valence-electron chi connectivity index (χ4n) is 3.61. The zero-order valence-corrected chi connectivity index (χ0v) is 22.3. The fourth-order valence-corrected chi connectivity index (χ4v) is 4.11. The van der Waals surface area contributed by atoms with Crippen LogP contribution in [0.25, 0.3) is 0 Å². The van der Waals surface area contributed by atoms with Crippen LogP contribution in [0.4, 0.5) is 5.69 Å². The molecule has 0 bridgehead atoms. The largest absolute Gasteiger partial charge is 0.369 e. The molecule has 2 N–H and O–H groups in total. The molecule has 1 fully saturated rings. The third-order valence-corrected chi connectivity index (χ3v) is 6.00. The molecule has 2 rings (SSSR count). The minimum absolute atomic E-state index is 0. The van der Waals surface area contributed by atoms with Crippen molar-refractivity contribution in [1.29, 1.82) is 0 Å². The summed E-state index contributed by atoms with van der Waals surface area (Å²) in [5, 5.41) is 6.81. The Bertz CT molecular complexity index is 591. The van der Waals surface area contributed by atoms with E-state index in [9.17, 15) is 0 Å². The van der Waals surface area contributed by atoms with Gasteiger partial charge in [0, 0.05) is 51.5 Å². The molecule has 0 spiro atoms. The van der Waals surface area contributed by atoms with Crippen molar-refractivity contribution in [2.45, 2.75) is 39.5 Å². The molecular formula is C23H42IN5S. The van der Waals surface area contributed by atoms with E-state index in [2.05, 4.69) is 64.8 Å². The van der Waals surface area contributed by atoms with Crippen LogP contribution in [0.3, 0.4) is 0 Å². The molecule has 5 nitrogen and oxygen atoms in total. The van der Waals surface area contributed by atoms with Gasteiger partial charge in [0.1, 0.15) is 0 Å². The molecule has 172 valence electrons. The minimum Gasteiger partial charge on any atom is -0.369 e. The molecule has 1 aliphatic rings. The average Bonchev–Trinajstić information content (AvgIpc) is 2.73. The van der Waals surface area contributed by atoms with Crippen molar-refractivity contribution >= 4 is 47.4 Å². The number of halogens is 1. The van der Waals surface area contributed by atoms with E-state index in [0.29, 0.717) is 0 Å². The molecule has 0 aliphatic carbocycles. The van der Waals surface area contributed by atoms with Crippen LogP contribution in [0.2, 0.25) is 0 Å². The molecule has 1 aromatic rings. The standard InChI is InChI=1S/C23H41N5S.HI/c1-4-24-23(26-13-6-8-19-29-3)25-12-5-7-14-27-15-17-28(18-16-27)22-11-9-10-21(2)20-22;/h9-11,20H,4-8,12-19H2,1-3H3,(H2,24,25,26);1H. The van der Waals surface area contributed by atoms with Gasteiger partial charge in [0.2, 0.25) is 0 Å². The van der Waals surface area contributed by atoms with Crippen molar-refractivity contribution in [3.63, 3.8) is 0 Å². The summed E-state index contributed by atoms with van der Waals surface area (Å²) in [6.07, 6.45) is 7.02. The van der Waals surface area contributed by atoms with E-state index in [-0.39, 0.29) is 24.0 Å². The van der Waals surface area contributed by atoms with Crippen LogP contribution in [-0.4, -0.2) is 75.2 Å². The zero-order valence-electron chi connectivity index (χ0n) is 19.2. The lowest BCUT2D eigenvalue weighted by Crippen LogP contribution is -2.46. The maximum Gasteiger partial charge on any atom is 0.191 e. The number of anilines is 1. The summed E-state index contributed by atoms with van der Waals surface area (Å²) in [7, 11) is 0. The summed E-state index contributed by atoms with van der Waals surface area (Å²) in [4.78, 5) is 9.85. The van der Waals surface area contributed by atoms with E-state index in [1.807, 2.05) is 11.8 Å². The third kappa shape index (κ3) is 11.1. The molecule has 0 saturated carbocycles. The summed E-state index contributed by atoms with van der Waals surface area (Å²) >= 11 is 1.92.